The summed E-state index contributed by atoms with van der Waals surface area (Å²) in [6, 6.07) is -1.25. The van der Waals surface area contributed by atoms with E-state index >= 15 is 0 Å². The molecular weight excluding hydrogens is 264 g/mol. The predicted octanol–water partition coefficient (Wildman–Crippen LogP) is 1.25. The van der Waals surface area contributed by atoms with Gasteiger partial charge in [0, 0.05) is 11.5 Å². The molecule has 0 aromatic rings. The van der Waals surface area contributed by atoms with E-state index in [0.717, 1.165) is 0 Å². The molecule has 2 atom stereocenters. The van der Waals surface area contributed by atoms with Crippen molar-refractivity contribution in [1.29, 1.82) is 0 Å². The number of hydrogen-bond acceptors (Lipinski definition) is 6. The Hall–Kier alpha value is -1.79. The quantitative estimate of drug-likeness (QED) is 0.334. The van der Waals surface area contributed by atoms with Gasteiger partial charge in [0.05, 0.1) is 19.7 Å². The molecule has 0 aromatic carbocycles. The van der Waals surface area contributed by atoms with E-state index < -0.39 is 29.6 Å². The third-order valence-corrected chi connectivity index (χ3v) is 2.86. The second-order valence-corrected chi connectivity index (χ2v) is 5.59. The number of hydrogen-bond donors (Lipinski definition) is 0. The van der Waals surface area contributed by atoms with E-state index in [2.05, 4.69) is 10.0 Å². The van der Waals surface area contributed by atoms with Crippen LogP contribution >= 0.6 is 0 Å². The molecule has 1 aliphatic heterocycles. The number of azide groups is 1. The van der Waals surface area contributed by atoms with Crippen molar-refractivity contribution in [2.45, 2.75) is 44.9 Å². The molecule has 1 saturated heterocycles. The molecule has 112 valence electrons. The van der Waals surface area contributed by atoms with Gasteiger partial charge in [-0.3, -0.25) is 14.5 Å². The van der Waals surface area contributed by atoms with Crippen LogP contribution in [-0.2, 0) is 19.1 Å². The van der Waals surface area contributed by atoms with Crippen molar-refractivity contribution < 1.29 is 19.1 Å². The molecule has 8 nitrogen and oxygen atoms in total. The van der Waals surface area contributed by atoms with Crippen molar-refractivity contribution in [3.05, 3.63) is 10.4 Å². The highest BCUT2D eigenvalue weighted by Gasteiger charge is 2.40. The summed E-state index contributed by atoms with van der Waals surface area (Å²) in [6.45, 7) is 5.76. The lowest BCUT2D eigenvalue weighted by molar-refractivity contribution is -0.157. The minimum absolute atomic E-state index is 0.0332. The molecule has 0 saturated carbocycles. The zero-order valence-corrected chi connectivity index (χ0v) is 12.2. The van der Waals surface area contributed by atoms with Crippen LogP contribution in [0.1, 0.15) is 27.2 Å². The molecule has 0 unspecified atom stereocenters. The Balaban J connectivity index is 2.75. The first-order chi connectivity index (χ1) is 9.28. The van der Waals surface area contributed by atoms with E-state index in [1.807, 2.05) is 0 Å². The first-order valence-electron chi connectivity index (χ1n) is 6.36. The highest BCUT2D eigenvalue weighted by Crippen LogP contribution is 2.22. The lowest BCUT2D eigenvalue weighted by atomic mass is 10.1. The Morgan fingerprint density at radius 3 is 2.60 bits per heavy atom. The van der Waals surface area contributed by atoms with E-state index in [-0.39, 0.29) is 6.54 Å². The molecule has 1 heterocycles. The van der Waals surface area contributed by atoms with Crippen LogP contribution in [0.2, 0.25) is 0 Å². The Kier molecular flexibility index (Phi) is 5.35. The fourth-order valence-electron chi connectivity index (χ4n) is 2.17. The summed E-state index contributed by atoms with van der Waals surface area (Å²) < 4.78 is 9.93. The highest BCUT2D eigenvalue weighted by molar-refractivity contribution is 5.79. The average molecular weight is 284 g/mol. The smallest absolute Gasteiger partial charge is 0.323 e. The van der Waals surface area contributed by atoms with Gasteiger partial charge in [0.1, 0.15) is 11.6 Å². The molecule has 0 spiro atoms. The summed E-state index contributed by atoms with van der Waals surface area (Å²) in [5.41, 5.74) is 7.93. The molecular formula is C12H20N4O4. The Morgan fingerprint density at radius 1 is 1.45 bits per heavy atom. The minimum atomic E-state index is -0.733. The van der Waals surface area contributed by atoms with Crippen LogP contribution in [0.4, 0.5) is 0 Å². The largest absolute Gasteiger partial charge is 0.468 e. The van der Waals surface area contributed by atoms with Crippen molar-refractivity contribution in [2.75, 3.05) is 20.2 Å². The lowest BCUT2D eigenvalue weighted by Gasteiger charge is -2.25. The second-order valence-electron chi connectivity index (χ2n) is 5.59. The summed E-state index contributed by atoms with van der Waals surface area (Å²) in [4.78, 5) is 27.9. The molecule has 20 heavy (non-hydrogen) atoms. The molecule has 1 aliphatic rings. The van der Waals surface area contributed by atoms with Crippen LogP contribution < -0.4 is 0 Å². The zero-order chi connectivity index (χ0) is 15.3. The molecule has 0 aliphatic carbocycles. The van der Waals surface area contributed by atoms with Gasteiger partial charge in [-0.15, -0.1) is 0 Å². The van der Waals surface area contributed by atoms with Crippen LogP contribution in [-0.4, -0.2) is 54.7 Å². The first kappa shape index (κ1) is 16.3. The fraction of sp³-hybridized carbons (Fsp3) is 0.833. The van der Waals surface area contributed by atoms with E-state index in [4.69, 9.17) is 15.0 Å². The summed E-state index contributed by atoms with van der Waals surface area (Å²) in [7, 11) is 1.26. The Labute approximate surface area is 117 Å². The number of esters is 2. The normalized spacial score (nSPS) is 23.0. The Morgan fingerprint density at radius 2 is 2.10 bits per heavy atom. The van der Waals surface area contributed by atoms with E-state index in [0.29, 0.717) is 13.0 Å². The number of methoxy groups -OCH3 is 1. The van der Waals surface area contributed by atoms with Crippen LogP contribution in [0.5, 0.6) is 0 Å². The minimum Gasteiger partial charge on any atom is -0.468 e. The predicted molar refractivity (Wildman–Crippen MR) is 70.8 cm³/mol. The number of nitrogens with zero attached hydrogens (tertiary/aromatic N) is 4. The van der Waals surface area contributed by atoms with Gasteiger partial charge in [0.25, 0.3) is 0 Å². The topological polar surface area (TPSA) is 105 Å². The summed E-state index contributed by atoms with van der Waals surface area (Å²) >= 11 is 0. The van der Waals surface area contributed by atoms with E-state index in [9.17, 15) is 9.59 Å². The van der Waals surface area contributed by atoms with Gasteiger partial charge in [-0.2, -0.15) is 0 Å². The number of rotatable bonds is 4. The van der Waals surface area contributed by atoms with Gasteiger partial charge in [-0.25, -0.2) is 0 Å². The molecule has 1 fully saturated rings. The lowest BCUT2D eigenvalue weighted by Crippen LogP contribution is -2.45. The second kappa shape index (κ2) is 6.58. The van der Waals surface area contributed by atoms with Crippen LogP contribution in [0.3, 0.4) is 0 Å². The van der Waals surface area contributed by atoms with Gasteiger partial charge in [-0.05, 0) is 32.7 Å². The van der Waals surface area contributed by atoms with Crippen LogP contribution in [0.15, 0.2) is 5.11 Å². The van der Waals surface area contributed by atoms with Gasteiger partial charge >= 0.3 is 11.9 Å². The number of carbonyl (C=O) groups excluding carboxylic acids is 2. The third-order valence-electron chi connectivity index (χ3n) is 2.86. The fourth-order valence-corrected chi connectivity index (χ4v) is 2.17. The number of likely N-dealkylation sites (tertiary alicyclic amines) is 1. The SMILES string of the molecule is COC(=O)[C@@H]1[C@@H](N=[N+]=[N-])CCN1CC(=O)OC(C)(C)C. The molecule has 0 amide bonds. The molecule has 1 rings (SSSR count). The number of ether oxygens (including phenoxy) is 2. The first-order valence-corrected chi connectivity index (χ1v) is 6.36. The third kappa shape index (κ3) is 4.40. The Bertz CT molecular complexity index is 426. The van der Waals surface area contributed by atoms with Crippen LogP contribution in [0.25, 0.3) is 10.4 Å². The van der Waals surface area contributed by atoms with E-state index in [1.54, 1.807) is 25.7 Å². The van der Waals surface area contributed by atoms with Gasteiger partial charge in [0.15, 0.2) is 0 Å². The van der Waals surface area contributed by atoms with E-state index in [1.165, 1.54) is 7.11 Å². The van der Waals surface area contributed by atoms with Crippen molar-refractivity contribution in [3.63, 3.8) is 0 Å². The van der Waals surface area contributed by atoms with Crippen molar-refractivity contribution in [1.82, 2.24) is 4.90 Å². The van der Waals surface area contributed by atoms with Gasteiger partial charge in [0.2, 0.25) is 0 Å². The molecule has 8 heteroatoms. The summed E-state index contributed by atoms with van der Waals surface area (Å²) in [5, 5.41) is 3.59. The van der Waals surface area contributed by atoms with Gasteiger partial charge < -0.3 is 9.47 Å². The van der Waals surface area contributed by atoms with Crippen molar-refractivity contribution in [3.8, 4) is 0 Å². The molecule has 0 aromatic heterocycles. The summed E-state index contributed by atoms with van der Waals surface area (Å²) in [6.07, 6.45) is 0.507. The van der Waals surface area contributed by atoms with Crippen LogP contribution in [0, 0.1) is 0 Å². The average Bonchev–Trinajstić information content (AvgIpc) is 2.69. The molecule has 0 N–H and O–H groups in total. The number of carbonyl (C=O) groups is 2. The van der Waals surface area contributed by atoms with Gasteiger partial charge in [-0.1, -0.05) is 5.11 Å². The molecule has 0 bridgehead atoms. The maximum absolute atomic E-state index is 11.8. The highest BCUT2D eigenvalue weighted by atomic mass is 16.6. The standard InChI is InChI=1S/C12H20N4O4/c1-12(2,3)20-9(17)7-16-6-5-8(14-15-13)10(16)11(18)19-4/h8,10H,5-7H2,1-4H3/t8-,10-/m0/s1. The maximum Gasteiger partial charge on any atom is 0.323 e. The molecule has 0 radical (unpaired) electrons. The van der Waals surface area contributed by atoms with Crippen molar-refractivity contribution in [2.24, 2.45) is 5.11 Å². The zero-order valence-electron chi connectivity index (χ0n) is 12.2. The van der Waals surface area contributed by atoms with Crippen molar-refractivity contribution >= 4 is 11.9 Å². The summed E-state index contributed by atoms with van der Waals surface area (Å²) in [5.74, 6) is -0.934. The monoisotopic (exact) mass is 284 g/mol. The maximum atomic E-state index is 11.8.